The van der Waals surface area contributed by atoms with Gasteiger partial charge in [-0.25, -0.2) is 0 Å². The molecule has 0 aromatic carbocycles. The minimum atomic E-state index is -0.0708. The van der Waals surface area contributed by atoms with E-state index in [2.05, 4.69) is 39.8 Å². The van der Waals surface area contributed by atoms with Crippen molar-refractivity contribution in [1.82, 2.24) is 0 Å². The van der Waals surface area contributed by atoms with Crippen molar-refractivity contribution in [2.45, 2.75) is 71.8 Å². The van der Waals surface area contributed by atoms with Gasteiger partial charge >= 0.3 is 0 Å². The molecule has 0 atom stereocenters. The molecule has 0 heterocycles. The summed E-state index contributed by atoms with van der Waals surface area (Å²) in [6, 6.07) is 0. The van der Waals surface area contributed by atoms with Gasteiger partial charge in [-0.05, 0) is 51.7 Å². The predicted molar refractivity (Wildman–Crippen MR) is 70.4 cm³/mol. The van der Waals surface area contributed by atoms with E-state index in [0.717, 1.165) is 12.2 Å². The van der Waals surface area contributed by atoms with E-state index in [-0.39, 0.29) is 5.60 Å². The number of ether oxygens (including phenoxy) is 1. The van der Waals surface area contributed by atoms with Crippen LogP contribution in [0.3, 0.4) is 0 Å². The van der Waals surface area contributed by atoms with E-state index < -0.39 is 0 Å². The summed E-state index contributed by atoms with van der Waals surface area (Å²) in [6.07, 6.45) is 12.0. The number of rotatable bonds is 6. The van der Waals surface area contributed by atoms with Crippen molar-refractivity contribution in [3.05, 3.63) is 23.5 Å². The number of hydrogen-bond acceptors (Lipinski definition) is 1. The maximum Gasteiger partial charge on any atom is 0.119 e. The molecule has 1 heteroatoms. The molecular weight excluding hydrogens is 196 g/mol. The van der Waals surface area contributed by atoms with E-state index in [9.17, 15) is 0 Å². The summed E-state index contributed by atoms with van der Waals surface area (Å²) in [5.74, 6) is 1.13. The highest BCUT2D eigenvalue weighted by atomic mass is 16.5. The first-order chi connectivity index (χ1) is 7.53. The summed E-state index contributed by atoms with van der Waals surface area (Å²) in [4.78, 5) is 0. The predicted octanol–water partition coefficient (Wildman–Crippen LogP) is 4.99. The second-order valence-corrected chi connectivity index (χ2v) is 5.60. The minimum absolute atomic E-state index is 0.0708. The molecular formula is C15H26O. The molecule has 0 saturated carbocycles. The first-order valence-corrected chi connectivity index (χ1v) is 6.60. The highest BCUT2D eigenvalue weighted by Gasteiger charge is 2.17. The van der Waals surface area contributed by atoms with Crippen molar-refractivity contribution in [1.29, 1.82) is 0 Å². The molecule has 0 saturated heterocycles. The zero-order valence-corrected chi connectivity index (χ0v) is 11.3. The van der Waals surface area contributed by atoms with Crippen LogP contribution in [0.25, 0.3) is 0 Å². The third-order valence-electron chi connectivity index (χ3n) is 2.73. The van der Waals surface area contributed by atoms with Crippen LogP contribution in [0.2, 0.25) is 0 Å². The van der Waals surface area contributed by atoms with E-state index in [1.807, 2.05) is 0 Å². The molecule has 0 aromatic heterocycles. The van der Waals surface area contributed by atoms with Gasteiger partial charge in [0.2, 0.25) is 0 Å². The van der Waals surface area contributed by atoms with Gasteiger partial charge in [0.25, 0.3) is 0 Å². The Labute approximate surface area is 101 Å². The Hall–Kier alpha value is -0.720. The second-order valence-electron chi connectivity index (χ2n) is 5.60. The van der Waals surface area contributed by atoms with Gasteiger partial charge in [0.05, 0.1) is 0 Å². The van der Waals surface area contributed by atoms with E-state index in [1.165, 1.54) is 37.7 Å². The van der Waals surface area contributed by atoms with Crippen LogP contribution >= 0.6 is 0 Å². The molecule has 0 N–H and O–H groups in total. The van der Waals surface area contributed by atoms with E-state index in [4.69, 9.17) is 4.74 Å². The van der Waals surface area contributed by atoms with Gasteiger partial charge in [0.15, 0.2) is 0 Å². The first kappa shape index (κ1) is 13.3. The van der Waals surface area contributed by atoms with Crippen LogP contribution in [0, 0.1) is 0 Å². The van der Waals surface area contributed by atoms with Gasteiger partial charge in [-0.3, -0.25) is 0 Å². The SMILES string of the molecule is CCCCCCC1=C(OC(C)(C)C)C=CC1. The standard InChI is InChI=1S/C15H26O/c1-5-6-7-8-10-13-11-9-12-14(13)16-15(2,3)4/h9,12H,5-8,10-11H2,1-4H3. The van der Waals surface area contributed by atoms with Crippen molar-refractivity contribution >= 4 is 0 Å². The molecule has 92 valence electrons. The first-order valence-electron chi connectivity index (χ1n) is 6.60. The maximum absolute atomic E-state index is 5.96. The highest BCUT2D eigenvalue weighted by Crippen LogP contribution is 2.28. The van der Waals surface area contributed by atoms with Crippen molar-refractivity contribution in [2.75, 3.05) is 0 Å². The zero-order valence-electron chi connectivity index (χ0n) is 11.3. The quantitative estimate of drug-likeness (QED) is 0.575. The topological polar surface area (TPSA) is 9.23 Å². The molecule has 0 aromatic rings. The zero-order chi connectivity index (χ0) is 12.0. The third kappa shape index (κ3) is 4.87. The summed E-state index contributed by atoms with van der Waals surface area (Å²) >= 11 is 0. The fraction of sp³-hybridized carbons (Fsp3) is 0.733. The number of unbranched alkanes of at least 4 members (excludes halogenated alkanes) is 3. The smallest absolute Gasteiger partial charge is 0.119 e. The Kier molecular flexibility index (Phi) is 5.11. The summed E-state index contributed by atoms with van der Waals surface area (Å²) in [5, 5.41) is 0. The van der Waals surface area contributed by atoms with Crippen molar-refractivity contribution in [2.24, 2.45) is 0 Å². The third-order valence-corrected chi connectivity index (χ3v) is 2.73. The Bertz CT molecular complexity index is 266. The molecule has 0 amide bonds. The molecule has 1 aliphatic rings. The van der Waals surface area contributed by atoms with Gasteiger partial charge in [-0.1, -0.05) is 32.3 Å². The maximum atomic E-state index is 5.96. The average Bonchev–Trinajstić information content (AvgIpc) is 2.58. The molecule has 1 nitrogen and oxygen atoms in total. The average molecular weight is 222 g/mol. The fourth-order valence-corrected chi connectivity index (χ4v) is 1.95. The summed E-state index contributed by atoms with van der Waals surface area (Å²) < 4.78 is 5.96. The van der Waals surface area contributed by atoms with Gasteiger partial charge in [0.1, 0.15) is 11.4 Å². The summed E-state index contributed by atoms with van der Waals surface area (Å²) in [5.41, 5.74) is 1.42. The highest BCUT2D eigenvalue weighted by molar-refractivity contribution is 5.29. The largest absolute Gasteiger partial charge is 0.488 e. The molecule has 0 unspecified atom stereocenters. The molecule has 1 rings (SSSR count). The lowest BCUT2D eigenvalue weighted by molar-refractivity contribution is 0.0583. The van der Waals surface area contributed by atoms with Crippen molar-refractivity contribution in [3.63, 3.8) is 0 Å². The van der Waals surface area contributed by atoms with Gasteiger partial charge in [-0.15, -0.1) is 0 Å². The number of allylic oxidation sites excluding steroid dienone is 3. The molecule has 0 bridgehead atoms. The fourth-order valence-electron chi connectivity index (χ4n) is 1.95. The lowest BCUT2D eigenvalue weighted by Crippen LogP contribution is -2.18. The Morgan fingerprint density at radius 1 is 1.19 bits per heavy atom. The lowest BCUT2D eigenvalue weighted by atomic mass is 10.1. The van der Waals surface area contributed by atoms with Crippen LogP contribution < -0.4 is 0 Å². The number of hydrogen-bond donors (Lipinski definition) is 0. The molecule has 16 heavy (non-hydrogen) atoms. The van der Waals surface area contributed by atoms with E-state index in [0.29, 0.717) is 0 Å². The molecule has 0 fully saturated rings. The van der Waals surface area contributed by atoms with E-state index in [1.54, 1.807) is 0 Å². The van der Waals surface area contributed by atoms with Crippen LogP contribution in [0.1, 0.15) is 66.2 Å². The molecule has 0 spiro atoms. The van der Waals surface area contributed by atoms with Crippen LogP contribution in [-0.2, 0) is 4.74 Å². The Balaban J connectivity index is 2.41. The summed E-state index contributed by atoms with van der Waals surface area (Å²) in [7, 11) is 0. The van der Waals surface area contributed by atoms with Crippen LogP contribution in [-0.4, -0.2) is 5.60 Å². The monoisotopic (exact) mass is 222 g/mol. The van der Waals surface area contributed by atoms with Gasteiger partial charge in [0, 0.05) is 0 Å². The Morgan fingerprint density at radius 2 is 1.94 bits per heavy atom. The molecule has 0 radical (unpaired) electrons. The second kappa shape index (κ2) is 6.12. The van der Waals surface area contributed by atoms with Crippen molar-refractivity contribution < 1.29 is 4.74 Å². The van der Waals surface area contributed by atoms with E-state index >= 15 is 0 Å². The molecule has 0 aliphatic heterocycles. The van der Waals surface area contributed by atoms with Gasteiger partial charge in [-0.2, -0.15) is 0 Å². The lowest BCUT2D eigenvalue weighted by Gasteiger charge is -2.22. The van der Waals surface area contributed by atoms with Crippen LogP contribution in [0.5, 0.6) is 0 Å². The van der Waals surface area contributed by atoms with Crippen LogP contribution in [0.4, 0.5) is 0 Å². The summed E-state index contributed by atoms with van der Waals surface area (Å²) in [6.45, 7) is 8.59. The van der Waals surface area contributed by atoms with Gasteiger partial charge < -0.3 is 4.74 Å². The molecule has 1 aliphatic carbocycles. The van der Waals surface area contributed by atoms with Crippen molar-refractivity contribution in [3.8, 4) is 0 Å². The normalized spacial score (nSPS) is 16.0. The van der Waals surface area contributed by atoms with Crippen LogP contribution in [0.15, 0.2) is 23.5 Å². The Morgan fingerprint density at radius 3 is 2.56 bits per heavy atom. The minimum Gasteiger partial charge on any atom is -0.488 e.